The zero-order valence-electron chi connectivity index (χ0n) is 14.1. The lowest BCUT2D eigenvalue weighted by Crippen LogP contribution is -2.06. The Kier molecular flexibility index (Phi) is 6.37. The van der Waals surface area contributed by atoms with Crippen LogP contribution in [0.4, 0.5) is 0 Å². The monoisotopic (exact) mass is 348 g/mol. The van der Waals surface area contributed by atoms with Gasteiger partial charge in [0.2, 0.25) is 0 Å². The maximum Gasteiger partial charge on any atom is 0.339 e. The van der Waals surface area contributed by atoms with Crippen LogP contribution in [-0.2, 0) is 4.74 Å². The van der Waals surface area contributed by atoms with Crippen LogP contribution in [0.1, 0.15) is 17.3 Å². The molecule has 0 heterocycles. The number of rotatable bonds is 7. The first-order valence-electron chi connectivity index (χ1n) is 7.38. The second kappa shape index (κ2) is 8.49. The van der Waals surface area contributed by atoms with Gasteiger partial charge in [0.25, 0.3) is 0 Å². The largest absolute Gasteiger partial charge is 0.496 e. The first kappa shape index (κ1) is 18.0. The fourth-order valence-corrected chi connectivity index (χ4v) is 3.23. The molecular weight excluding hydrogens is 328 g/mol. The third-order valence-corrected chi connectivity index (χ3v) is 4.45. The van der Waals surface area contributed by atoms with Crippen molar-refractivity contribution in [3.05, 3.63) is 42.0 Å². The number of ether oxygens (including phenoxy) is 4. The van der Waals surface area contributed by atoms with Gasteiger partial charge in [-0.15, -0.1) is 0 Å². The molecule has 0 bridgehead atoms. The summed E-state index contributed by atoms with van der Waals surface area (Å²) < 4.78 is 21.3. The average Bonchev–Trinajstić information content (AvgIpc) is 2.62. The second-order valence-corrected chi connectivity index (χ2v) is 5.73. The number of carbonyl (C=O) groups is 1. The predicted octanol–water partition coefficient (Wildman–Crippen LogP) is 4.04. The van der Waals surface area contributed by atoms with Crippen molar-refractivity contribution in [1.29, 1.82) is 0 Å². The Morgan fingerprint density at radius 3 is 2.17 bits per heavy atom. The van der Waals surface area contributed by atoms with Crippen LogP contribution >= 0.6 is 11.8 Å². The van der Waals surface area contributed by atoms with Gasteiger partial charge >= 0.3 is 5.97 Å². The van der Waals surface area contributed by atoms with Crippen LogP contribution in [0, 0.1) is 0 Å². The quantitative estimate of drug-likeness (QED) is 0.704. The molecule has 0 aliphatic heterocycles. The molecule has 2 aromatic carbocycles. The minimum absolute atomic E-state index is 0.326. The van der Waals surface area contributed by atoms with Crippen molar-refractivity contribution in [1.82, 2.24) is 0 Å². The smallest absolute Gasteiger partial charge is 0.339 e. The zero-order valence-corrected chi connectivity index (χ0v) is 14.9. The molecule has 2 rings (SSSR count). The lowest BCUT2D eigenvalue weighted by molar-refractivity contribution is 0.0522. The molecule has 0 saturated heterocycles. The minimum Gasteiger partial charge on any atom is -0.496 e. The van der Waals surface area contributed by atoms with E-state index in [1.807, 2.05) is 12.1 Å². The Morgan fingerprint density at radius 2 is 1.62 bits per heavy atom. The van der Waals surface area contributed by atoms with Gasteiger partial charge in [0.15, 0.2) is 0 Å². The van der Waals surface area contributed by atoms with Gasteiger partial charge in [-0.25, -0.2) is 4.79 Å². The Morgan fingerprint density at radius 1 is 1.00 bits per heavy atom. The van der Waals surface area contributed by atoms with Crippen molar-refractivity contribution >= 4 is 17.7 Å². The summed E-state index contributed by atoms with van der Waals surface area (Å²) in [6.45, 7) is 2.11. The molecular formula is C18H20O5S. The van der Waals surface area contributed by atoms with Gasteiger partial charge in [0.05, 0.1) is 38.4 Å². The van der Waals surface area contributed by atoms with Crippen molar-refractivity contribution in [2.75, 3.05) is 27.9 Å². The molecule has 6 heteroatoms. The Labute approximate surface area is 145 Å². The molecule has 0 unspecified atom stereocenters. The van der Waals surface area contributed by atoms with Crippen molar-refractivity contribution in [2.24, 2.45) is 0 Å². The Balaban J connectivity index is 2.47. The maximum atomic E-state index is 12.1. The summed E-state index contributed by atoms with van der Waals surface area (Å²) in [5.41, 5.74) is 0.504. The molecule has 0 aliphatic carbocycles. The molecule has 0 N–H and O–H groups in total. The molecule has 0 radical (unpaired) electrons. The van der Waals surface area contributed by atoms with Gasteiger partial charge in [-0.05, 0) is 19.1 Å². The van der Waals surface area contributed by atoms with E-state index in [4.69, 9.17) is 18.9 Å². The van der Waals surface area contributed by atoms with Crippen LogP contribution in [-0.4, -0.2) is 33.9 Å². The zero-order chi connectivity index (χ0) is 17.5. The van der Waals surface area contributed by atoms with Crippen LogP contribution in [0.2, 0.25) is 0 Å². The van der Waals surface area contributed by atoms with Crippen molar-refractivity contribution in [3.63, 3.8) is 0 Å². The molecule has 0 saturated carbocycles. The van der Waals surface area contributed by atoms with E-state index in [0.717, 1.165) is 9.79 Å². The SMILES string of the molecule is CCOC(=O)c1ccccc1Sc1c(OC)cc(OC)cc1OC. The molecule has 2 aromatic rings. The highest BCUT2D eigenvalue weighted by atomic mass is 32.2. The number of hydrogen-bond donors (Lipinski definition) is 0. The molecule has 128 valence electrons. The maximum absolute atomic E-state index is 12.1. The predicted molar refractivity (Wildman–Crippen MR) is 92.6 cm³/mol. The average molecular weight is 348 g/mol. The second-order valence-electron chi connectivity index (χ2n) is 4.68. The topological polar surface area (TPSA) is 54.0 Å². The summed E-state index contributed by atoms with van der Waals surface area (Å²) in [5.74, 6) is 1.49. The van der Waals surface area contributed by atoms with E-state index in [2.05, 4.69) is 0 Å². The Hall–Kier alpha value is -2.34. The highest BCUT2D eigenvalue weighted by molar-refractivity contribution is 7.99. The fourth-order valence-electron chi connectivity index (χ4n) is 2.12. The van der Waals surface area contributed by atoms with Crippen LogP contribution in [0.3, 0.4) is 0 Å². The van der Waals surface area contributed by atoms with Gasteiger partial charge in [0, 0.05) is 17.0 Å². The van der Waals surface area contributed by atoms with Gasteiger partial charge in [0.1, 0.15) is 17.2 Å². The normalized spacial score (nSPS) is 10.2. The molecule has 0 aliphatic rings. The van der Waals surface area contributed by atoms with Crippen molar-refractivity contribution in [2.45, 2.75) is 16.7 Å². The molecule has 24 heavy (non-hydrogen) atoms. The van der Waals surface area contributed by atoms with Gasteiger partial charge in [-0.1, -0.05) is 23.9 Å². The van der Waals surface area contributed by atoms with Gasteiger partial charge < -0.3 is 18.9 Å². The first-order valence-corrected chi connectivity index (χ1v) is 8.20. The van der Waals surface area contributed by atoms with E-state index >= 15 is 0 Å². The molecule has 0 atom stereocenters. The summed E-state index contributed by atoms with van der Waals surface area (Å²) >= 11 is 1.38. The molecule has 0 aromatic heterocycles. The van der Waals surface area contributed by atoms with E-state index in [9.17, 15) is 4.79 Å². The number of benzene rings is 2. The number of esters is 1. The minimum atomic E-state index is -0.355. The van der Waals surface area contributed by atoms with E-state index in [0.29, 0.717) is 29.4 Å². The summed E-state index contributed by atoms with van der Waals surface area (Å²) in [4.78, 5) is 13.7. The van der Waals surface area contributed by atoms with E-state index in [-0.39, 0.29) is 5.97 Å². The third-order valence-electron chi connectivity index (χ3n) is 3.26. The van der Waals surface area contributed by atoms with E-state index < -0.39 is 0 Å². The lowest BCUT2D eigenvalue weighted by atomic mass is 10.2. The number of hydrogen-bond acceptors (Lipinski definition) is 6. The van der Waals surface area contributed by atoms with Crippen LogP contribution in [0.15, 0.2) is 46.2 Å². The van der Waals surface area contributed by atoms with E-state index in [1.54, 1.807) is 52.5 Å². The highest BCUT2D eigenvalue weighted by Gasteiger charge is 2.19. The first-order chi connectivity index (χ1) is 11.6. The number of carbonyl (C=O) groups excluding carboxylic acids is 1. The standard InChI is InChI=1S/C18H20O5S/c1-5-23-18(19)13-8-6-7-9-16(13)24-17-14(21-3)10-12(20-2)11-15(17)22-4/h6-11H,5H2,1-4H3. The number of methoxy groups -OCH3 is 3. The highest BCUT2D eigenvalue weighted by Crippen LogP contribution is 2.45. The van der Waals surface area contributed by atoms with Crippen LogP contribution in [0.5, 0.6) is 17.2 Å². The fraction of sp³-hybridized carbons (Fsp3) is 0.278. The molecule has 0 spiro atoms. The summed E-state index contributed by atoms with van der Waals surface area (Å²) in [6, 6.07) is 10.8. The van der Waals surface area contributed by atoms with E-state index in [1.165, 1.54) is 11.8 Å². The molecule has 5 nitrogen and oxygen atoms in total. The van der Waals surface area contributed by atoms with Gasteiger partial charge in [-0.2, -0.15) is 0 Å². The van der Waals surface area contributed by atoms with Crippen molar-refractivity contribution < 1.29 is 23.7 Å². The van der Waals surface area contributed by atoms with Crippen LogP contribution in [0.25, 0.3) is 0 Å². The summed E-state index contributed by atoms with van der Waals surface area (Å²) in [6.07, 6.45) is 0. The molecule has 0 fully saturated rings. The molecule has 0 amide bonds. The van der Waals surface area contributed by atoms with Crippen LogP contribution < -0.4 is 14.2 Å². The summed E-state index contributed by atoms with van der Waals surface area (Å²) in [7, 11) is 4.74. The van der Waals surface area contributed by atoms with Gasteiger partial charge in [-0.3, -0.25) is 0 Å². The Bertz CT molecular complexity index is 689. The third kappa shape index (κ3) is 3.94. The van der Waals surface area contributed by atoms with Crippen molar-refractivity contribution in [3.8, 4) is 17.2 Å². The lowest BCUT2D eigenvalue weighted by Gasteiger charge is -2.15. The summed E-state index contributed by atoms with van der Waals surface area (Å²) in [5, 5.41) is 0.